The molecule has 0 aromatic heterocycles. The Balaban J connectivity index is 1.87. The smallest absolute Gasteiger partial charge is 0.252 e. The molecule has 4 atom stereocenters. The fourth-order valence-corrected chi connectivity index (χ4v) is 6.27. The van der Waals surface area contributed by atoms with E-state index in [0.29, 0.717) is 23.7 Å². The van der Waals surface area contributed by atoms with Crippen LogP contribution in [0.1, 0.15) is 53.6 Å². The molecule has 0 unspecified atom stereocenters. The molecular formula is C19H21NO4. The van der Waals surface area contributed by atoms with Crippen LogP contribution in [0, 0.1) is 5.92 Å². The molecule has 24 heavy (non-hydrogen) atoms. The van der Waals surface area contributed by atoms with Crippen molar-refractivity contribution in [3.63, 3.8) is 0 Å². The van der Waals surface area contributed by atoms with E-state index in [4.69, 9.17) is 15.2 Å². The Hall–Kier alpha value is -1.88. The normalized spacial score (nSPS) is 38.5. The molecule has 4 aliphatic rings. The number of ether oxygens (including phenoxy) is 2. The summed E-state index contributed by atoms with van der Waals surface area (Å²) in [7, 11) is 1.77. The van der Waals surface area contributed by atoms with E-state index in [1.165, 1.54) is 5.56 Å². The molecule has 0 saturated heterocycles. The lowest BCUT2D eigenvalue weighted by Crippen LogP contribution is -2.70. The summed E-state index contributed by atoms with van der Waals surface area (Å²) in [5, 5.41) is 0. The molecule has 1 amide bonds. The lowest BCUT2D eigenvalue weighted by atomic mass is 9.45. The molecule has 1 spiro atoms. The van der Waals surface area contributed by atoms with Gasteiger partial charge < -0.3 is 15.2 Å². The zero-order valence-corrected chi connectivity index (χ0v) is 13.8. The minimum absolute atomic E-state index is 0.128. The monoisotopic (exact) mass is 327 g/mol. The molecule has 5 nitrogen and oxygen atoms in total. The number of nitrogens with two attached hydrogens (primary N) is 1. The maximum Gasteiger partial charge on any atom is 0.252 e. The molecule has 2 saturated carbocycles. The predicted octanol–water partition coefficient (Wildman–Crippen LogP) is 1.89. The Bertz CT molecular complexity index is 788. The number of rotatable bonds is 2. The van der Waals surface area contributed by atoms with E-state index >= 15 is 0 Å². The van der Waals surface area contributed by atoms with Crippen molar-refractivity contribution in [1.82, 2.24) is 0 Å². The van der Waals surface area contributed by atoms with Gasteiger partial charge in [0.25, 0.3) is 5.91 Å². The average molecular weight is 327 g/mol. The third kappa shape index (κ3) is 1.34. The number of methoxy groups -OCH3 is 1. The average Bonchev–Trinajstić information content (AvgIpc) is 2.90. The number of carbonyl (C=O) groups excluding carboxylic acids is 2. The third-order valence-corrected chi connectivity index (χ3v) is 7.04. The van der Waals surface area contributed by atoms with Gasteiger partial charge in [0.05, 0.1) is 16.6 Å². The van der Waals surface area contributed by atoms with Crippen molar-refractivity contribution in [1.29, 1.82) is 0 Å². The Morgan fingerprint density at radius 3 is 2.96 bits per heavy atom. The van der Waals surface area contributed by atoms with Gasteiger partial charge in [-0.05, 0) is 43.2 Å². The summed E-state index contributed by atoms with van der Waals surface area (Å²) >= 11 is 0. The second-order valence-corrected chi connectivity index (χ2v) is 7.66. The van der Waals surface area contributed by atoms with Crippen LogP contribution in [0.4, 0.5) is 0 Å². The van der Waals surface area contributed by atoms with Crippen molar-refractivity contribution >= 4 is 11.7 Å². The second-order valence-electron chi connectivity index (χ2n) is 7.66. The Morgan fingerprint density at radius 2 is 2.21 bits per heavy atom. The molecule has 5 rings (SSSR count). The van der Waals surface area contributed by atoms with Crippen LogP contribution >= 0.6 is 0 Å². The zero-order chi connectivity index (χ0) is 16.7. The first-order chi connectivity index (χ1) is 11.5. The number of hydrogen-bond donors (Lipinski definition) is 1. The summed E-state index contributed by atoms with van der Waals surface area (Å²) in [4.78, 5) is 24.7. The molecule has 2 bridgehead atoms. The SMILES string of the molecule is CO[C@@]12CCC(=O)[C@@H]3Oc4c(C(N)=O)ccc5c4[C@@]31CCC[C@@H]2C5. The van der Waals surface area contributed by atoms with Crippen molar-refractivity contribution in [3.8, 4) is 5.75 Å². The van der Waals surface area contributed by atoms with Gasteiger partial charge in [-0.1, -0.05) is 12.5 Å². The van der Waals surface area contributed by atoms with E-state index in [2.05, 4.69) is 0 Å². The molecule has 2 fully saturated rings. The maximum absolute atomic E-state index is 12.8. The lowest BCUT2D eigenvalue weighted by molar-refractivity contribution is -0.190. The highest BCUT2D eigenvalue weighted by Crippen LogP contribution is 2.67. The van der Waals surface area contributed by atoms with Gasteiger partial charge in [0.15, 0.2) is 11.9 Å². The standard InChI is InChI=1S/C19H21NO4/c1-23-19-8-6-13(21)16-18(19)7-2-3-11(19)9-10-4-5-12(17(20)22)15(24-16)14(10)18/h4-5,11,16H,2-3,6-9H2,1H3,(H2,20,22)/t11-,16+,18+,19-/m1/s1. The minimum Gasteiger partial charge on any atom is -0.480 e. The summed E-state index contributed by atoms with van der Waals surface area (Å²) in [6.45, 7) is 0. The molecule has 126 valence electrons. The topological polar surface area (TPSA) is 78.6 Å². The largest absolute Gasteiger partial charge is 0.480 e. The van der Waals surface area contributed by atoms with Gasteiger partial charge in [-0.2, -0.15) is 0 Å². The highest BCUT2D eigenvalue weighted by molar-refractivity contribution is 5.98. The first-order valence-electron chi connectivity index (χ1n) is 8.76. The van der Waals surface area contributed by atoms with E-state index in [0.717, 1.165) is 37.7 Å². The highest BCUT2D eigenvalue weighted by atomic mass is 16.5. The van der Waals surface area contributed by atoms with Gasteiger partial charge in [-0.25, -0.2) is 0 Å². The molecule has 0 radical (unpaired) electrons. The van der Waals surface area contributed by atoms with E-state index in [9.17, 15) is 9.59 Å². The van der Waals surface area contributed by atoms with Crippen LogP contribution in [-0.4, -0.2) is 30.5 Å². The van der Waals surface area contributed by atoms with E-state index < -0.39 is 17.4 Å². The van der Waals surface area contributed by atoms with Gasteiger partial charge in [-0.15, -0.1) is 0 Å². The summed E-state index contributed by atoms with van der Waals surface area (Å²) in [6.07, 6.45) is 4.64. The first kappa shape index (κ1) is 14.5. The molecule has 3 aliphatic carbocycles. The van der Waals surface area contributed by atoms with Crippen molar-refractivity contribution in [2.75, 3.05) is 7.11 Å². The molecule has 1 aromatic carbocycles. The molecule has 5 heteroatoms. The quantitative estimate of drug-likeness (QED) is 0.900. The molecule has 1 aromatic rings. The zero-order valence-electron chi connectivity index (χ0n) is 13.8. The summed E-state index contributed by atoms with van der Waals surface area (Å²) in [5.41, 5.74) is 7.38. The summed E-state index contributed by atoms with van der Waals surface area (Å²) < 4.78 is 12.4. The fourth-order valence-electron chi connectivity index (χ4n) is 6.27. The maximum atomic E-state index is 12.8. The van der Waals surface area contributed by atoms with Crippen molar-refractivity contribution in [2.24, 2.45) is 11.7 Å². The van der Waals surface area contributed by atoms with Crippen LogP contribution in [0.25, 0.3) is 0 Å². The van der Waals surface area contributed by atoms with Gasteiger partial charge in [-0.3, -0.25) is 9.59 Å². The minimum atomic E-state index is -0.538. The molecule has 2 N–H and O–H groups in total. The number of carbonyl (C=O) groups is 2. The van der Waals surface area contributed by atoms with Gasteiger partial charge >= 0.3 is 0 Å². The molecule has 1 aliphatic heterocycles. The highest BCUT2D eigenvalue weighted by Gasteiger charge is 2.72. The van der Waals surface area contributed by atoms with E-state index in [-0.39, 0.29) is 11.4 Å². The van der Waals surface area contributed by atoms with E-state index in [1.807, 2.05) is 6.07 Å². The van der Waals surface area contributed by atoms with Crippen LogP contribution in [-0.2, 0) is 21.4 Å². The summed E-state index contributed by atoms with van der Waals surface area (Å²) in [5.74, 6) is 0.564. The third-order valence-electron chi connectivity index (χ3n) is 7.04. The van der Waals surface area contributed by atoms with Crippen LogP contribution in [0.5, 0.6) is 5.75 Å². The Labute approximate surface area is 140 Å². The molecular weight excluding hydrogens is 306 g/mol. The van der Waals surface area contributed by atoms with Crippen LogP contribution < -0.4 is 10.5 Å². The van der Waals surface area contributed by atoms with Crippen LogP contribution in [0.2, 0.25) is 0 Å². The fraction of sp³-hybridized carbons (Fsp3) is 0.579. The Morgan fingerprint density at radius 1 is 1.38 bits per heavy atom. The van der Waals surface area contributed by atoms with Gasteiger partial charge in [0, 0.05) is 19.1 Å². The van der Waals surface area contributed by atoms with Crippen molar-refractivity contribution in [2.45, 2.75) is 55.6 Å². The number of ketones is 1. The summed E-state index contributed by atoms with van der Waals surface area (Å²) in [6, 6.07) is 3.76. The lowest BCUT2D eigenvalue weighted by Gasteiger charge is -2.61. The molecule has 1 heterocycles. The number of primary amides is 1. The van der Waals surface area contributed by atoms with Crippen molar-refractivity contribution < 1.29 is 19.1 Å². The Kier molecular flexibility index (Phi) is 2.65. The van der Waals surface area contributed by atoms with Gasteiger partial charge in [0.2, 0.25) is 0 Å². The van der Waals surface area contributed by atoms with Crippen molar-refractivity contribution in [3.05, 3.63) is 28.8 Å². The number of benzene rings is 1. The van der Waals surface area contributed by atoms with E-state index in [1.54, 1.807) is 13.2 Å². The predicted molar refractivity (Wildman–Crippen MR) is 86.1 cm³/mol. The number of amides is 1. The van der Waals surface area contributed by atoms with Gasteiger partial charge in [0.1, 0.15) is 5.75 Å². The second kappa shape index (κ2) is 4.39. The van der Waals surface area contributed by atoms with Crippen LogP contribution in [0.3, 0.4) is 0 Å². The first-order valence-corrected chi connectivity index (χ1v) is 8.76. The van der Waals surface area contributed by atoms with Crippen LogP contribution in [0.15, 0.2) is 12.1 Å². The number of hydrogen-bond acceptors (Lipinski definition) is 4. The number of Topliss-reactive ketones (excluding diaryl/α,β-unsaturated/α-hetero) is 1.